The van der Waals surface area contributed by atoms with Crippen LogP contribution in [0.4, 0.5) is 0 Å². The molecule has 0 fully saturated rings. The lowest BCUT2D eigenvalue weighted by molar-refractivity contribution is 0.242. The van der Waals surface area contributed by atoms with Gasteiger partial charge in [0.05, 0.1) is 6.10 Å². The van der Waals surface area contributed by atoms with Crippen LogP contribution in [0.15, 0.2) is 24.3 Å². The fourth-order valence-corrected chi connectivity index (χ4v) is 1.32. The molecule has 0 aliphatic rings. The van der Waals surface area contributed by atoms with Gasteiger partial charge in [-0.15, -0.1) is 0 Å². The summed E-state index contributed by atoms with van der Waals surface area (Å²) in [5.74, 6) is 0.966. The van der Waals surface area contributed by atoms with E-state index < -0.39 is 0 Å². The molecule has 1 aromatic rings. The SMILES string of the molecule is CNCCc1cccc(OC(C)C)c1. The zero-order valence-electron chi connectivity index (χ0n) is 9.21. The summed E-state index contributed by atoms with van der Waals surface area (Å²) in [7, 11) is 1.97. The van der Waals surface area contributed by atoms with Crippen molar-refractivity contribution in [3.05, 3.63) is 29.8 Å². The molecule has 0 saturated carbocycles. The Morgan fingerprint density at radius 3 is 2.79 bits per heavy atom. The van der Waals surface area contributed by atoms with Gasteiger partial charge in [0.15, 0.2) is 0 Å². The second-order valence-corrected chi connectivity index (χ2v) is 3.67. The maximum atomic E-state index is 5.61. The van der Waals surface area contributed by atoms with E-state index in [9.17, 15) is 0 Å². The van der Waals surface area contributed by atoms with E-state index in [2.05, 4.69) is 17.4 Å². The third-order valence-corrected chi connectivity index (χ3v) is 1.93. The second-order valence-electron chi connectivity index (χ2n) is 3.67. The molecule has 0 saturated heterocycles. The fourth-order valence-electron chi connectivity index (χ4n) is 1.32. The van der Waals surface area contributed by atoms with E-state index in [0.717, 1.165) is 18.7 Å². The lowest BCUT2D eigenvalue weighted by atomic mass is 10.1. The summed E-state index contributed by atoms with van der Waals surface area (Å²) in [5.41, 5.74) is 1.32. The number of benzene rings is 1. The first-order valence-corrected chi connectivity index (χ1v) is 5.12. The molecule has 14 heavy (non-hydrogen) atoms. The first-order valence-electron chi connectivity index (χ1n) is 5.12. The van der Waals surface area contributed by atoms with Crippen molar-refractivity contribution in [3.63, 3.8) is 0 Å². The van der Waals surface area contributed by atoms with Crippen LogP contribution in [-0.4, -0.2) is 19.7 Å². The van der Waals surface area contributed by atoms with E-state index >= 15 is 0 Å². The molecule has 2 nitrogen and oxygen atoms in total. The minimum Gasteiger partial charge on any atom is -0.491 e. The van der Waals surface area contributed by atoms with Gasteiger partial charge in [0.2, 0.25) is 0 Å². The van der Waals surface area contributed by atoms with Crippen LogP contribution >= 0.6 is 0 Å². The second kappa shape index (κ2) is 5.66. The fraction of sp³-hybridized carbons (Fsp3) is 0.500. The van der Waals surface area contributed by atoms with E-state index in [0.29, 0.717) is 0 Å². The van der Waals surface area contributed by atoms with Gasteiger partial charge in [0.1, 0.15) is 5.75 Å². The lowest BCUT2D eigenvalue weighted by Crippen LogP contribution is -2.10. The molecular formula is C12H19NO. The maximum absolute atomic E-state index is 5.61. The molecule has 0 aliphatic carbocycles. The summed E-state index contributed by atoms with van der Waals surface area (Å²) in [6.07, 6.45) is 1.29. The highest BCUT2D eigenvalue weighted by atomic mass is 16.5. The summed E-state index contributed by atoms with van der Waals surface area (Å²) in [5, 5.41) is 3.14. The standard InChI is InChI=1S/C12H19NO/c1-10(2)14-12-6-4-5-11(9-12)7-8-13-3/h4-6,9-10,13H,7-8H2,1-3H3. The summed E-state index contributed by atoms with van der Waals surface area (Å²) in [6.45, 7) is 5.09. The molecule has 0 bridgehead atoms. The van der Waals surface area contributed by atoms with Gasteiger partial charge in [0, 0.05) is 0 Å². The molecule has 78 valence electrons. The summed E-state index contributed by atoms with van der Waals surface area (Å²) in [6, 6.07) is 8.29. The van der Waals surface area contributed by atoms with Crippen LogP contribution in [0, 0.1) is 0 Å². The Morgan fingerprint density at radius 2 is 2.14 bits per heavy atom. The van der Waals surface area contributed by atoms with Gasteiger partial charge < -0.3 is 10.1 Å². The topological polar surface area (TPSA) is 21.3 Å². The van der Waals surface area contributed by atoms with Crippen LogP contribution in [0.2, 0.25) is 0 Å². The zero-order valence-corrected chi connectivity index (χ0v) is 9.21. The number of ether oxygens (including phenoxy) is 1. The molecule has 0 radical (unpaired) electrons. The van der Waals surface area contributed by atoms with Crippen molar-refractivity contribution < 1.29 is 4.74 Å². The molecule has 0 atom stereocenters. The Morgan fingerprint density at radius 1 is 1.36 bits per heavy atom. The van der Waals surface area contributed by atoms with Gasteiger partial charge in [-0.3, -0.25) is 0 Å². The first kappa shape index (κ1) is 11.1. The number of rotatable bonds is 5. The quantitative estimate of drug-likeness (QED) is 0.774. The summed E-state index contributed by atoms with van der Waals surface area (Å²) < 4.78 is 5.61. The predicted octanol–water partition coefficient (Wildman–Crippen LogP) is 2.24. The Kier molecular flexibility index (Phi) is 4.47. The number of nitrogens with one attached hydrogen (secondary N) is 1. The predicted molar refractivity (Wildman–Crippen MR) is 59.8 cm³/mol. The van der Waals surface area contributed by atoms with Crippen molar-refractivity contribution in [1.29, 1.82) is 0 Å². The molecule has 0 aromatic heterocycles. The number of hydrogen-bond acceptors (Lipinski definition) is 2. The van der Waals surface area contributed by atoms with E-state index in [-0.39, 0.29) is 6.10 Å². The smallest absolute Gasteiger partial charge is 0.119 e. The minimum atomic E-state index is 0.245. The molecule has 0 aliphatic heterocycles. The van der Waals surface area contributed by atoms with Gasteiger partial charge in [0.25, 0.3) is 0 Å². The maximum Gasteiger partial charge on any atom is 0.119 e. The van der Waals surface area contributed by atoms with Crippen molar-refractivity contribution in [2.45, 2.75) is 26.4 Å². The monoisotopic (exact) mass is 193 g/mol. The van der Waals surface area contributed by atoms with Crippen molar-refractivity contribution in [2.75, 3.05) is 13.6 Å². The number of likely N-dealkylation sites (N-methyl/N-ethyl adjacent to an activating group) is 1. The first-order chi connectivity index (χ1) is 6.72. The van der Waals surface area contributed by atoms with Gasteiger partial charge >= 0.3 is 0 Å². The molecule has 0 heterocycles. The molecule has 1 N–H and O–H groups in total. The number of hydrogen-bond donors (Lipinski definition) is 1. The van der Waals surface area contributed by atoms with Crippen LogP contribution in [0.1, 0.15) is 19.4 Å². The van der Waals surface area contributed by atoms with Crippen LogP contribution < -0.4 is 10.1 Å². The molecular weight excluding hydrogens is 174 g/mol. The molecule has 1 aromatic carbocycles. The Hall–Kier alpha value is -1.02. The van der Waals surface area contributed by atoms with Gasteiger partial charge in [-0.25, -0.2) is 0 Å². The van der Waals surface area contributed by atoms with E-state index in [1.54, 1.807) is 0 Å². The normalized spacial score (nSPS) is 10.6. The molecule has 1 rings (SSSR count). The third-order valence-electron chi connectivity index (χ3n) is 1.93. The average Bonchev–Trinajstić information content (AvgIpc) is 2.14. The Bertz CT molecular complexity index is 271. The molecule has 0 unspecified atom stereocenters. The van der Waals surface area contributed by atoms with E-state index in [1.165, 1.54) is 5.56 Å². The molecule has 0 amide bonds. The molecule has 0 spiro atoms. The van der Waals surface area contributed by atoms with Gasteiger partial charge in [-0.05, 0) is 51.6 Å². The Balaban J connectivity index is 2.59. The summed E-state index contributed by atoms with van der Waals surface area (Å²) in [4.78, 5) is 0. The highest BCUT2D eigenvalue weighted by Gasteiger charge is 1.98. The average molecular weight is 193 g/mol. The van der Waals surface area contributed by atoms with Gasteiger partial charge in [-0.1, -0.05) is 12.1 Å². The van der Waals surface area contributed by atoms with E-state index in [1.807, 2.05) is 33.0 Å². The Labute approximate surface area is 86.3 Å². The van der Waals surface area contributed by atoms with Crippen molar-refractivity contribution >= 4 is 0 Å². The molecule has 2 heteroatoms. The van der Waals surface area contributed by atoms with Crippen molar-refractivity contribution in [3.8, 4) is 5.75 Å². The summed E-state index contributed by atoms with van der Waals surface area (Å²) >= 11 is 0. The van der Waals surface area contributed by atoms with Crippen LogP contribution in [0.25, 0.3) is 0 Å². The van der Waals surface area contributed by atoms with Crippen LogP contribution in [-0.2, 0) is 6.42 Å². The zero-order chi connectivity index (χ0) is 10.4. The van der Waals surface area contributed by atoms with Crippen molar-refractivity contribution in [1.82, 2.24) is 5.32 Å². The van der Waals surface area contributed by atoms with Crippen molar-refractivity contribution in [2.24, 2.45) is 0 Å². The highest BCUT2D eigenvalue weighted by Crippen LogP contribution is 2.14. The lowest BCUT2D eigenvalue weighted by Gasteiger charge is -2.10. The van der Waals surface area contributed by atoms with E-state index in [4.69, 9.17) is 4.74 Å². The van der Waals surface area contributed by atoms with Crippen LogP contribution in [0.3, 0.4) is 0 Å². The largest absolute Gasteiger partial charge is 0.491 e. The van der Waals surface area contributed by atoms with Gasteiger partial charge in [-0.2, -0.15) is 0 Å². The third kappa shape index (κ3) is 3.79. The highest BCUT2D eigenvalue weighted by molar-refractivity contribution is 5.28. The minimum absolute atomic E-state index is 0.245. The van der Waals surface area contributed by atoms with Crippen LogP contribution in [0.5, 0.6) is 5.75 Å².